The smallest absolute Gasteiger partial charge is 0.342 e. The molecule has 120 valence electrons. The van der Waals surface area contributed by atoms with Crippen LogP contribution in [-0.2, 0) is 4.79 Å². The van der Waals surface area contributed by atoms with E-state index in [9.17, 15) is 19.5 Å². The number of benzene rings is 1. The number of aromatic hydroxyl groups is 1. The van der Waals surface area contributed by atoms with Crippen molar-refractivity contribution in [3.8, 4) is 5.75 Å². The van der Waals surface area contributed by atoms with Gasteiger partial charge in [0.25, 0.3) is 11.5 Å². The van der Waals surface area contributed by atoms with Crippen LogP contribution in [0.3, 0.4) is 0 Å². The van der Waals surface area contributed by atoms with Crippen molar-refractivity contribution in [3.05, 3.63) is 49.1 Å². The lowest BCUT2D eigenvalue weighted by atomic mass is 10.2. The quantitative estimate of drug-likeness (QED) is 0.346. The number of nitrogens with zero attached hydrogens (tertiary/aromatic N) is 2. The minimum Gasteiger partial charge on any atom is -0.507 e. The van der Waals surface area contributed by atoms with Crippen LogP contribution >= 0.6 is 15.9 Å². The summed E-state index contributed by atoms with van der Waals surface area (Å²) in [5, 5.41) is 21.0. The highest BCUT2D eigenvalue weighted by molar-refractivity contribution is 9.10. The van der Waals surface area contributed by atoms with Crippen LogP contribution in [0.2, 0.25) is 0 Å². The van der Waals surface area contributed by atoms with E-state index in [0.29, 0.717) is 10.0 Å². The van der Waals surface area contributed by atoms with Crippen LogP contribution in [-0.4, -0.2) is 39.0 Å². The minimum absolute atomic E-state index is 0.0917. The highest BCUT2D eigenvalue weighted by Gasteiger charge is 2.04. The zero-order valence-corrected chi connectivity index (χ0v) is 13.0. The number of carbonyl (C=O) groups is 1. The lowest BCUT2D eigenvalue weighted by Gasteiger charge is -2.02. The fourth-order valence-electron chi connectivity index (χ4n) is 1.45. The summed E-state index contributed by atoms with van der Waals surface area (Å²) in [6, 6.07) is 4.70. The maximum Gasteiger partial charge on any atom is 0.342 e. The number of rotatable bonds is 5. The molecular weight excluding hydrogens is 372 g/mol. The van der Waals surface area contributed by atoms with Crippen LogP contribution in [0.1, 0.15) is 5.56 Å². The molecule has 0 bridgehead atoms. The molecule has 0 fully saturated rings. The Kier molecular flexibility index (Phi) is 5.25. The van der Waals surface area contributed by atoms with Gasteiger partial charge in [0.2, 0.25) is 5.82 Å². The van der Waals surface area contributed by atoms with E-state index in [4.69, 9.17) is 0 Å². The number of H-pyrrole nitrogens is 2. The molecule has 0 saturated carbocycles. The third kappa shape index (κ3) is 4.78. The first-order valence-corrected chi connectivity index (χ1v) is 6.98. The lowest BCUT2D eigenvalue weighted by Crippen LogP contribution is -2.31. The number of aromatic nitrogens is 3. The molecule has 5 N–H and O–H groups in total. The molecule has 0 saturated heterocycles. The monoisotopic (exact) mass is 382 g/mol. The number of hydrogen-bond donors (Lipinski definition) is 5. The van der Waals surface area contributed by atoms with E-state index in [2.05, 4.69) is 36.9 Å². The minimum atomic E-state index is -0.741. The van der Waals surface area contributed by atoms with Crippen LogP contribution in [0.15, 0.2) is 37.4 Å². The second kappa shape index (κ2) is 7.35. The molecule has 1 amide bonds. The molecule has 0 aliphatic rings. The zero-order chi connectivity index (χ0) is 16.8. The molecule has 0 spiro atoms. The number of phenolic OH excluding ortho intramolecular Hbond substituents is 1. The SMILES string of the molecule is O=C(CNc1n[nH]c(=O)[nH]c1=O)N/N=C/c1ccc(O)c(Br)c1. The molecule has 1 aromatic carbocycles. The van der Waals surface area contributed by atoms with Gasteiger partial charge in [-0.25, -0.2) is 15.3 Å². The molecule has 11 heteroatoms. The van der Waals surface area contributed by atoms with Gasteiger partial charge in [-0.3, -0.25) is 14.6 Å². The molecule has 0 atom stereocenters. The van der Waals surface area contributed by atoms with Gasteiger partial charge in [-0.05, 0) is 39.7 Å². The molecule has 0 aliphatic heterocycles. The van der Waals surface area contributed by atoms with Crippen molar-refractivity contribution in [2.45, 2.75) is 0 Å². The molecule has 0 unspecified atom stereocenters. The molecule has 2 rings (SSSR count). The fraction of sp³-hybridized carbons (Fsp3) is 0.0833. The van der Waals surface area contributed by atoms with E-state index < -0.39 is 17.2 Å². The van der Waals surface area contributed by atoms with Crippen molar-refractivity contribution in [2.75, 3.05) is 11.9 Å². The maximum absolute atomic E-state index is 11.6. The lowest BCUT2D eigenvalue weighted by molar-refractivity contribution is -0.119. The predicted octanol–water partition coefficient (Wildman–Crippen LogP) is -0.512. The van der Waals surface area contributed by atoms with Gasteiger partial charge in [0.15, 0.2) is 0 Å². The molecule has 10 nitrogen and oxygen atoms in total. The Bertz CT molecular complexity index is 859. The van der Waals surface area contributed by atoms with Crippen molar-refractivity contribution in [1.29, 1.82) is 0 Å². The van der Waals surface area contributed by atoms with Crippen LogP contribution in [0, 0.1) is 0 Å². The van der Waals surface area contributed by atoms with Crippen LogP contribution in [0.5, 0.6) is 5.75 Å². The Morgan fingerprint density at radius 2 is 2.22 bits per heavy atom. The number of halogens is 1. The van der Waals surface area contributed by atoms with Crippen LogP contribution in [0.4, 0.5) is 5.82 Å². The number of carbonyl (C=O) groups excluding carboxylic acids is 1. The highest BCUT2D eigenvalue weighted by atomic mass is 79.9. The average molecular weight is 383 g/mol. The highest BCUT2D eigenvalue weighted by Crippen LogP contribution is 2.23. The largest absolute Gasteiger partial charge is 0.507 e. The van der Waals surface area contributed by atoms with Crippen molar-refractivity contribution in [3.63, 3.8) is 0 Å². The maximum atomic E-state index is 11.6. The standard InChI is InChI=1S/C12H11BrN6O4/c13-7-3-6(1-2-8(7)20)4-15-17-9(21)5-14-10-11(22)16-12(23)19-18-10/h1-4,20H,5H2,(H,14,18)(H,17,21)(H2,16,19,22,23)/b15-4+. The van der Waals surface area contributed by atoms with Gasteiger partial charge in [-0.2, -0.15) is 5.10 Å². The first-order chi connectivity index (χ1) is 11.0. The fourth-order valence-corrected chi connectivity index (χ4v) is 1.85. The van der Waals surface area contributed by atoms with E-state index in [1.165, 1.54) is 12.3 Å². The summed E-state index contributed by atoms with van der Waals surface area (Å²) in [6.07, 6.45) is 1.38. The second-order valence-corrected chi connectivity index (χ2v) is 5.07. The van der Waals surface area contributed by atoms with Crippen molar-refractivity contribution < 1.29 is 9.90 Å². The molecule has 1 heterocycles. The van der Waals surface area contributed by atoms with Crippen LogP contribution in [0.25, 0.3) is 0 Å². The van der Waals surface area contributed by atoms with Crippen molar-refractivity contribution >= 4 is 33.9 Å². The molecule has 0 aliphatic carbocycles. The van der Waals surface area contributed by atoms with E-state index >= 15 is 0 Å². The van der Waals surface area contributed by atoms with Gasteiger partial charge in [-0.15, -0.1) is 5.10 Å². The number of phenols is 1. The molecular formula is C12H11BrN6O4. The molecule has 1 aromatic heterocycles. The van der Waals surface area contributed by atoms with E-state index in [-0.39, 0.29) is 18.1 Å². The Morgan fingerprint density at radius 3 is 2.91 bits per heavy atom. The van der Waals surface area contributed by atoms with Gasteiger partial charge in [0, 0.05) is 0 Å². The number of amides is 1. The Hall–Kier alpha value is -2.95. The summed E-state index contributed by atoms with van der Waals surface area (Å²) in [5.41, 5.74) is 1.42. The summed E-state index contributed by atoms with van der Waals surface area (Å²) in [4.78, 5) is 35.6. The van der Waals surface area contributed by atoms with Gasteiger partial charge in [0.1, 0.15) is 5.75 Å². The molecule has 2 aromatic rings. The van der Waals surface area contributed by atoms with Gasteiger partial charge >= 0.3 is 5.69 Å². The first-order valence-electron chi connectivity index (χ1n) is 6.19. The third-order valence-corrected chi connectivity index (χ3v) is 3.14. The summed E-state index contributed by atoms with van der Waals surface area (Å²) < 4.78 is 0.498. The molecule has 0 radical (unpaired) electrons. The van der Waals surface area contributed by atoms with Crippen LogP contribution < -0.4 is 22.0 Å². The second-order valence-electron chi connectivity index (χ2n) is 4.21. The Morgan fingerprint density at radius 1 is 1.43 bits per heavy atom. The summed E-state index contributed by atoms with van der Waals surface area (Å²) in [6.45, 7) is -0.265. The Balaban J connectivity index is 1.87. The van der Waals surface area contributed by atoms with E-state index in [0.717, 1.165) is 0 Å². The summed E-state index contributed by atoms with van der Waals surface area (Å²) >= 11 is 3.16. The Labute approximate surface area is 136 Å². The van der Waals surface area contributed by atoms with E-state index in [1.54, 1.807) is 12.1 Å². The number of anilines is 1. The number of nitrogens with one attached hydrogen (secondary N) is 4. The summed E-state index contributed by atoms with van der Waals surface area (Å²) in [5.74, 6) is -0.619. The number of hydrogen-bond acceptors (Lipinski definition) is 7. The topological polar surface area (TPSA) is 152 Å². The summed E-state index contributed by atoms with van der Waals surface area (Å²) in [7, 11) is 0. The normalized spacial score (nSPS) is 10.7. The third-order valence-electron chi connectivity index (χ3n) is 2.50. The average Bonchev–Trinajstić information content (AvgIpc) is 2.50. The van der Waals surface area contributed by atoms with Gasteiger partial charge in [0.05, 0.1) is 17.2 Å². The first kappa shape index (κ1) is 16.4. The van der Waals surface area contributed by atoms with E-state index in [1.807, 2.05) is 10.1 Å². The number of hydrazone groups is 1. The number of aromatic amines is 2. The van der Waals surface area contributed by atoms with Crippen molar-refractivity contribution in [1.82, 2.24) is 20.6 Å². The predicted molar refractivity (Wildman–Crippen MR) is 85.5 cm³/mol. The zero-order valence-electron chi connectivity index (χ0n) is 11.5. The van der Waals surface area contributed by atoms with Crippen molar-refractivity contribution in [2.24, 2.45) is 5.10 Å². The van der Waals surface area contributed by atoms with Gasteiger partial charge < -0.3 is 10.4 Å². The van der Waals surface area contributed by atoms with Gasteiger partial charge in [-0.1, -0.05) is 0 Å². The molecule has 23 heavy (non-hydrogen) atoms.